The monoisotopic (exact) mass is 279 g/mol. The first-order valence-electron chi connectivity index (χ1n) is 5.17. The Kier molecular flexibility index (Phi) is 4.06. The van der Waals surface area contributed by atoms with Gasteiger partial charge in [-0.25, -0.2) is 0 Å². The topological polar surface area (TPSA) is 43.4 Å². The van der Waals surface area contributed by atoms with E-state index in [1.54, 1.807) is 12.1 Å². The van der Waals surface area contributed by atoms with Crippen molar-refractivity contribution in [2.24, 2.45) is 0 Å². The summed E-state index contributed by atoms with van der Waals surface area (Å²) < 4.78 is 27.6. The molecule has 0 saturated carbocycles. The van der Waals surface area contributed by atoms with Gasteiger partial charge in [0.1, 0.15) is 0 Å². The molecule has 0 aliphatic carbocycles. The lowest BCUT2D eigenvalue weighted by Crippen LogP contribution is -2.02. The van der Waals surface area contributed by atoms with E-state index in [1.807, 2.05) is 30.3 Å². The summed E-state index contributed by atoms with van der Waals surface area (Å²) in [6.45, 7) is 0. The SMILES string of the molecule is COS(=O)(=O)c1cc[c]c(Sc2ccccc2)c1. The van der Waals surface area contributed by atoms with E-state index in [-0.39, 0.29) is 4.90 Å². The molecule has 0 N–H and O–H groups in total. The zero-order chi connectivity index (χ0) is 13.0. The van der Waals surface area contributed by atoms with Crippen LogP contribution in [0.1, 0.15) is 0 Å². The summed E-state index contributed by atoms with van der Waals surface area (Å²) in [5.74, 6) is 0. The summed E-state index contributed by atoms with van der Waals surface area (Å²) in [4.78, 5) is 1.90. The fraction of sp³-hybridized carbons (Fsp3) is 0.0769. The molecule has 0 bridgehead atoms. The summed E-state index contributed by atoms with van der Waals surface area (Å²) in [5.41, 5.74) is 0. The minimum Gasteiger partial charge on any atom is -0.270 e. The Morgan fingerprint density at radius 2 is 1.89 bits per heavy atom. The lowest BCUT2D eigenvalue weighted by Gasteiger charge is -2.04. The highest BCUT2D eigenvalue weighted by molar-refractivity contribution is 7.99. The van der Waals surface area contributed by atoms with Gasteiger partial charge >= 0.3 is 0 Å². The van der Waals surface area contributed by atoms with E-state index < -0.39 is 10.1 Å². The van der Waals surface area contributed by atoms with Crippen molar-refractivity contribution in [1.29, 1.82) is 0 Å². The van der Waals surface area contributed by atoms with Gasteiger partial charge in [-0.3, -0.25) is 4.18 Å². The molecule has 0 amide bonds. The zero-order valence-corrected chi connectivity index (χ0v) is 11.3. The lowest BCUT2D eigenvalue weighted by molar-refractivity contribution is 0.397. The average Bonchev–Trinajstić information content (AvgIpc) is 2.40. The van der Waals surface area contributed by atoms with Crippen LogP contribution in [0.4, 0.5) is 0 Å². The smallest absolute Gasteiger partial charge is 0.270 e. The van der Waals surface area contributed by atoms with Gasteiger partial charge in [-0.15, -0.1) is 0 Å². The van der Waals surface area contributed by atoms with Gasteiger partial charge in [0.25, 0.3) is 10.1 Å². The Balaban J connectivity index is 2.29. The predicted molar refractivity (Wildman–Crippen MR) is 70.0 cm³/mol. The van der Waals surface area contributed by atoms with Crippen molar-refractivity contribution in [2.45, 2.75) is 14.7 Å². The molecule has 0 saturated heterocycles. The zero-order valence-electron chi connectivity index (χ0n) is 9.66. The third-order valence-electron chi connectivity index (χ3n) is 2.23. The average molecular weight is 279 g/mol. The van der Waals surface area contributed by atoms with Gasteiger partial charge < -0.3 is 0 Å². The molecule has 2 rings (SSSR count). The van der Waals surface area contributed by atoms with Crippen LogP contribution in [0.15, 0.2) is 63.2 Å². The molecule has 0 heterocycles. The molecule has 0 aliphatic heterocycles. The van der Waals surface area contributed by atoms with Crippen LogP contribution in [-0.4, -0.2) is 15.5 Å². The van der Waals surface area contributed by atoms with Gasteiger partial charge in [-0.2, -0.15) is 8.42 Å². The molecule has 0 fully saturated rings. The van der Waals surface area contributed by atoms with Gasteiger partial charge in [0, 0.05) is 9.79 Å². The maximum absolute atomic E-state index is 11.6. The third-order valence-corrected chi connectivity index (χ3v) is 4.46. The maximum Gasteiger partial charge on any atom is 0.296 e. The van der Waals surface area contributed by atoms with E-state index in [0.717, 1.165) is 16.9 Å². The van der Waals surface area contributed by atoms with Crippen molar-refractivity contribution in [3.63, 3.8) is 0 Å². The summed E-state index contributed by atoms with van der Waals surface area (Å²) in [7, 11) is -2.50. The molecular weight excluding hydrogens is 268 g/mol. The largest absolute Gasteiger partial charge is 0.296 e. The molecule has 0 aliphatic rings. The molecule has 0 atom stereocenters. The van der Waals surface area contributed by atoms with Gasteiger partial charge in [0.15, 0.2) is 0 Å². The maximum atomic E-state index is 11.6. The van der Waals surface area contributed by atoms with Crippen LogP contribution in [0, 0.1) is 6.07 Å². The summed E-state index contributed by atoms with van der Waals surface area (Å²) >= 11 is 1.45. The number of benzene rings is 2. The molecular formula is C13H11O3S2. The molecule has 0 spiro atoms. The number of hydrogen-bond acceptors (Lipinski definition) is 4. The van der Waals surface area contributed by atoms with Crippen LogP contribution in [0.25, 0.3) is 0 Å². The normalized spacial score (nSPS) is 11.4. The fourth-order valence-electron chi connectivity index (χ4n) is 1.35. The third kappa shape index (κ3) is 3.13. The highest BCUT2D eigenvalue weighted by Gasteiger charge is 2.13. The molecule has 2 aromatic carbocycles. The Labute approximate surface area is 111 Å². The second kappa shape index (κ2) is 5.56. The van der Waals surface area contributed by atoms with Gasteiger partial charge in [-0.1, -0.05) is 36.0 Å². The van der Waals surface area contributed by atoms with Crippen LogP contribution in [0.5, 0.6) is 0 Å². The van der Waals surface area contributed by atoms with E-state index in [2.05, 4.69) is 10.2 Å². The quantitative estimate of drug-likeness (QED) is 0.807. The van der Waals surface area contributed by atoms with Crippen LogP contribution in [0.2, 0.25) is 0 Å². The Morgan fingerprint density at radius 3 is 2.56 bits per heavy atom. The van der Waals surface area contributed by atoms with E-state index in [4.69, 9.17) is 0 Å². The first-order valence-corrected chi connectivity index (χ1v) is 7.39. The molecule has 3 nitrogen and oxygen atoms in total. The first-order chi connectivity index (χ1) is 8.62. The van der Waals surface area contributed by atoms with Crippen molar-refractivity contribution in [3.8, 4) is 0 Å². The van der Waals surface area contributed by atoms with Crippen molar-refractivity contribution in [3.05, 3.63) is 54.6 Å². The summed E-state index contributed by atoms with van der Waals surface area (Å²) in [6, 6.07) is 17.3. The molecule has 93 valence electrons. The summed E-state index contributed by atoms with van der Waals surface area (Å²) in [6.07, 6.45) is 0. The van der Waals surface area contributed by atoms with E-state index in [0.29, 0.717) is 0 Å². The number of rotatable bonds is 4. The second-order valence-electron chi connectivity index (χ2n) is 3.42. The van der Waals surface area contributed by atoms with Gasteiger partial charge in [0.2, 0.25) is 0 Å². The highest BCUT2D eigenvalue weighted by Crippen LogP contribution is 2.28. The Bertz CT molecular complexity index is 622. The van der Waals surface area contributed by atoms with Crippen molar-refractivity contribution in [1.82, 2.24) is 0 Å². The van der Waals surface area contributed by atoms with Crippen LogP contribution >= 0.6 is 11.8 Å². The highest BCUT2D eigenvalue weighted by atomic mass is 32.2. The van der Waals surface area contributed by atoms with Crippen molar-refractivity contribution >= 4 is 21.9 Å². The summed E-state index contributed by atoms with van der Waals surface area (Å²) in [5, 5.41) is 0. The lowest BCUT2D eigenvalue weighted by atomic mass is 10.4. The standard InChI is InChI=1S/C13H11O3S2/c1-16-18(14,15)13-9-5-8-12(10-13)17-11-6-3-2-4-7-11/h2-7,9-10H,1H3. The molecule has 5 heteroatoms. The Morgan fingerprint density at radius 1 is 1.17 bits per heavy atom. The first kappa shape index (κ1) is 13.1. The molecule has 0 unspecified atom stereocenters. The van der Waals surface area contributed by atoms with Crippen LogP contribution in [-0.2, 0) is 14.3 Å². The molecule has 0 aromatic heterocycles. The molecule has 2 aromatic rings. The van der Waals surface area contributed by atoms with E-state index in [1.165, 1.54) is 17.8 Å². The van der Waals surface area contributed by atoms with Gasteiger partial charge in [0.05, 0.1) is 12.0 Å². The van der Waals surface area contributed by atoms with E-state index >= 15 is 0 Å². The van der Waals surface area contributed by atoms with E-state index in [9.17, 15) is 8.42 Å². The molecule has 1 radical (unpaired) electrons. The minimum absolute atomic E-state index is 0.141. The van der Waals surface area contributed by atoms with Crippen molar-refractivity contribution < 1.29 is 12.6 Å². The predicted octanol–water partition coefficient (Wildman–Crippen LogP) is 2.97. The van der Waals surface area contributed by atoms with Gasteiger partial charge in [-0.05, 0) is 30.3 Å². The second-order valence-corrected chi connectivity index (χ2v) is 6.25. The Hall–Kier alpha value is -1.30. The minimum atomic E-state index is -3.65. The number of hydrogen-bond donors (Lipinski definition) is 0. The van der Waals surface area contributed by atoms with Crippen molar-refractivity contribution in [2.75, 3.05) is 7.11 Å². The molecule has 18 heavy (non-hydrogen) atoms. The van der Waals surface area contributed by atoms with Crippen LogP contribution < -0.4 is 0 Å². The van der Waals surface area contributed by atoms with Crippen LogP contribution in [0.3, 0.4) is 0 Å². The fourth-order valence-corrected chi connectivity index (χ4v) is 2.98.